The van der Waals surface area contributed by atoms with Crippen LogP contribution in [0.2, 0.25) is 5.02 Å². The van der Waals surface area contributed by atoms with E-state index in [1.165, 1.54) is 0 Å². The summed E-state index contributed by atoms with van der Waals surface area (Å²) in [4.78, 5) is 2.28. The topological polar surface area (TPSA) is 49.5 Å². The van der Waals surface area contributed by atoms with E-state index in [0.29, 0.717) is 17.1 Å². The van der Waals surface area contributed by atoms with E-state index in [1.54, 1.807) is 19.9 Å². The van der Waals surface area contributed by atoms with Crippen LogP contribution in [0, 0.1) is 0 Å². The van der Waals surface area contributed by atoms with Gasteiger partial charge in [0.1, 0.15) is 4.99 Å². The molecule has 3 nitrogen and oxygen atoms in total. The number of likely N-dealkylation sites (N-methyl/N-ethyl adjacent to an activating group) is 1. The molecule has 0 atom stereocenters. The van der Waals surface area contributed by atoms with Crippen molar-refractivity contribution in [3.8, 4) is 0 Å². The van der Waals surface area contributed by atoms with Crippen molar-refractivity contribution >= 4 is 34.5 Å². The Hall–Kier alpha value is -0.840. The predicted octanol–water partition coefficient (Wildman–Crippen LogP) is 2.57. The Bertz CT molecular complexity index is 443. The van der Waals surface area contributed by atoms with Crippen molar-refractivity contribution in [3.05, 3.63) is 28.8 Å². The molecule has 0 aliphatic heterocycles. The molecule has 1 aromatic carbocycles. The van der Waals surface area contributed by atoms with Gasteiger partial charge in [-0.1, -0.05) is 29.9 Å². The van der Waals surface area contributed by atoms with Crippen molar-refractivity contribution in [2.75, 3.05) is 18.0 Å². The van der Waals surface area contributed by atoms with Gasteiger partial charge in [-0.25, -0.2) is 0 Å². The highest BCUT2D eigenvalue weighted by Crippen LogP contribution is 2.28. The Kier molecular flexibility index (Phi) is 4.96. The molecule has 0 aliphatic rings. The third-order valence-electron chi connectivity index (χ3n) is 2.54. The Morgan fingerprint density at radius 1 is 1.50 bits per heavy atom. The fourth-order valence-electron chi connectivity index (χ4n) is 1.85. The maximum Gasteiger partial charge on any atom is 0.107 e. The van der Waals surface area contributed by atoms with Crippen LogP contribution in [0.3, 0.4) is 0 Å². The van der Waals surface area contributed by atoms with Gasteiger partial charge in [-0.3, -0.25) is 0 Å². The normalized spacial score (nSPS) is 11.4. The number of thiocarbonyl (C=S) groups is 1. The van der Waals surface area contributed by atoms with Gasteiger partial charge in [0.05, 0.1) is 16.2 Å². The van der Waals surface area contributed by atoms with E-state index in [1.807, 2.05) is 24.0 Å². The van der Waals surface area contributed by atoms with Crippen LogP contribution in [0.25, 0.3) is 0 Å². The maximum atomic E-state index is 9.94. The largest absolute Gasteiger partial charge is 0.389 e. The molecule has 0 amide bonds. The summed E-state index contributed by atoms with van der Waals surface area (Å²) in [6.07, 6.45) is 0. The van der Waals surface area contributed by atoms with Crippen LogP contribution in [0.1, 0.15) is 26.3 Å². The molecule has 1 aromatic rings. The van der Waals surface area contributed by atoms with Gasteiger partial charge in [-0.15, -0.1) is 0 Å². The zero-order valence-corrected chi connectivity index (χ0v) is 12.5. The van der Waals surface area contributed by atoms with Crippen LogP contribution >= 0.6 is 23.8 Å². The Morgan fingerprint density at radius 2 is 2.11 bits per heavy atom. The zero-order valence-electron chi connectivity index (χ0n) is 10.9. The van der Waals surface area contributed by atoms with Crippen LogP contribution < -0.4 is 10.6 Å². The van der Waals surface area contributed by atoms with E-state index in [4.69, 9.17) is 29.6 Å². The minimum Gasteiger partial charge on any atom is -0.389 e. The SMILES string of the molecule is CCN(CC(C)(C)O)c1cccc(Cl)c1C(N)=S. The molecule has 0 aromatic heterocycles. The summed E-state index contributed by atoms with van der Waals surface area (Å²) in [6, 6.07) is 5.53. The quantitative estimate of drug-likeness (QED) is 0.817. The summed E-state index contributed by atoms with van der Waals surface area (Å²) in [7, 11) is 0. The summed E-state index contributed by atoms with van der Waals surface area (Å²) < 4.78 is 0. The van der Waals surface area contributed by atoms with Crippen molar-refractivity contribution < 1.29 is 5.11 Å². The van der Waals surface area contributed by atoms with Crippen molar-refractivity contribution in [2.24, 2.45) is 5.73 Å². The highest BCUT2D eigenvalue weighted by molar-refractivity contribution is 7.80. The first kappa shape index (κ1) is 15.2. The molecule has 0 heterocycles. The van der Waals surface area contributed by atoms with Crippen LogP contribution in [0.5, 0.6) is 0 Å². The standard InChI is InChI=1S/C13H19ClN2OS/c1-4-16(8-13(2,3)17)10-7-5-6-9(14)11(10)12(15)18/h5-7,17H,4,8H2,1-3H3,(H2,15,18). The lowest BCUT2D eigenvalue weighted by atomic mass is 10.1. The van der Waals surface area contributed by atoms with Crippen molar-refractivity contribution in [1.29, 1.82) is 0 Å². The molecular weight excluding hydrogens is 268 g/mol. The number of benzene rings is 1. The van der Waals surface area contributed by atoms with Crippen LogP contribution in [0.4, 0.5) is 5.69 Å². The number of hydrogen-bond donors (Lipinski definition) is 2. The first-order chi connectivity index (χ1) is 8.26. The Balaban J connectivity index is 3.21. The van der Waals surface area contributed by atoms with Gasteiger partial charge >= 0.3 is 0 Å². The summed E-state index contributed by atoms with van der Waals surface area (Å²) in [5.74, 6) is 0. The Morgan fingerprint density at radius 3 is 2.56 bits per heavy atom. The molecule has 0 saturated carbocycles. The molecule has 0 aliphatic carbocycles. The average Bonchev–Trinajstić information content (AvgIpc) is 2.23. The molecule has 0 saturated heterocycles. The minimum atomic E-state index is -0.800. The summed E-state index contributed by atoms with van der Waals surface area (Å²) >= 11 is 11.2. The number of aliphatic hydroxyl groups is 1. The Labute approximate surface area is 119 Å². The monoisotopic (exact) mass is 286 g/mol. The third kappa shape index (κ3) is 3.83. The lowest BCUT2D eigenvalue weighted by molar-refractivity contribution is 0.0876. The average molecular weight is 287 g/mol. The number of nitrogens with zero attached hydrogens (tertiary/aromatic N) is 1. The maximum absolute atomic E-state index is 9.94. The second-order valence-electron chi connectivity index (χ2n) is 4.82. The smallest absolute Gasteiger partial charge is 0.107 e. The number of nitrogens with two attached hydrogens (primary N) is 1. The zero-order chi connectivity index (χ0) is 13.9. The highest BCUT2D eigenvalue weighted by Gasteiger charge is 2.21. The fourth-order valence-corrected chi connectivity index (χ4v) is 2.40. The predicted molar refractivity (Wildman–Crippen MR) is 81.5 cm³/mol. The first-order valence-corrected chi connectivity index (χ1v) is 6.60. The molecule has 3 N–H and O–H groups in total. The lowest BCUT2D eigenvalue weighted by Crippen LogP contribution is -2.39. The van der Waals surface area contributed by atoms with Gasteiger partial charge in [-0.2, -0.15) is 0 Å². The second kappa shape index (κ2) is 5.87. The third-order valence-corrected chi connectivity index (χ3v) is 3.06. The van der Waals surface area contributed by atoms with E-state index < -0.39 is 5.60 Å². The molecule has 0 radical (unpaired) electrons. The van der Waals surface area contributed by atoms with Gasteiger partial charge in [-0.05, 0) is 32.9 Å². The molecule has 0 fully saturated rings. The lowest BCUT2D eigenvalue weighted by Gasteiger charge is -2.31. The van der Waals surface area contributed by atoms with E-state index in [-0.39, 0.29) is 4.99 Å². The molecule has 0 spiro atoms. The molecular formula is C13H19ClN2OS. The van der Waals surface area contributed by atoms with E-state index in [9.17, 15) is 5.11 Å². The molecule has 100 valence electrons. The van der Waals surface area contributed by atoms with Gasteiger partial charge in [0.25, 0.3) is 0 Å². The highest BCUT2D eigenvalue weighted by atomic mass is 35.5. The molecule has 0 bridgehead atoms. The van der Waals surface area contributed by atoms with Crippen molar-refractivity contribution in [3.63, 3.8) is 0 Å². The van der Waals surface area contributed by atoms with Crippen molar-refractivity contribution in [1.82, 2.24) is 0 Å². The van der Waals surface area contributed by atoms with Gasteiger partial charge in [0, 0.05) is 18.8 Å². The van der Waals surface area contributed by atoms with Gasteiger partial charge in [0.15, 0.2) is 0 Å². The van der Waals surface area contributed by atoms with Crippen LogP contribution in [-0.2, 0) is 0 Å². The number of anilines is 1. The fraction of sp³-hybridized carbons (Fsp3) is 0.462. The molecule has 18 heavy (non-hydrogen) atoms. The number of hydrogen-bond acceptors (Lipinski definition) is 3. The summed E-state index contributed by atoms with van der Waals surface area (Å²) in [5.41, 5.74) is 6.46. The summed E-state index contributed by atoms with van der Waals surface area (Å²) in [6.45, 7) is 6.76. The van der Waals surface area contributed by atoms with Gasteiger partial charge in [0.2, 0.25) is 0 Å². The molecule has 0 unspecified atom stereocenters. The number of rotatable bonds is 5. The molecule has 5 heteroatoms. The van der Waals surface area contributed by atoms with Crippen LogP contribution in [0.15, 0.2) is 18.2 Å². The van der Waals surface area contributed by atoms with E-state index >= 15 is 0 Å². The van der Waals surface area contributed by atoms with Crippen LogP contribution in [-0.4, -0.2) is 28.8 Å². The van der Waals surface area contributed by atoms with Crippen molar-refractivity contribution in [2.45, 2.75) is 26.4 Å². The summed E-state index contributed by atoms with van der Waals surface area (Å²) in [5, 5.41) is 10.5. The van der Waals surface area contributed by atoms with Gasteiger partial charge < -0.3 is 15.7 Å². The second-order valence-corrected chi connectivity index (χ2v) is 5.67. The van der Waals surface area contributed by atoms with E-state index in [0.717, 1.165) is 12.2 Å². The van der Waals surface area contributed by atoms with E-state index in [2.05, 4.69) is 0 Å². The minimum absolute atomic E-state index is 0.268. The molecule has 1 rings (SSSR count). The number of halogens is 1. The first-order valence-electron chi connectivity index (χ1n) is 5.82.